The molecule has 3 aliphatic rings. The van der Waals surface area contributed by atoms with Crippen LogP contribution in [0.1, 0.15) is 76.2 Å². The number of hydrogen-bond donors (Lipinski definition) is 1. The van der Waals surface area contributed by atoms with Crippen molar-refractivity contribution in [3.8, 4) is 0 Å². The first-order valence-corrected chi connectivity index (χ1v) is 14.3. The van der Waals surface area contributed by atoms with Crippen molar-refractivity contribution in [1.29, 1.82) is 0 Å². The van der Waals surface area contributed by atoms with E-state index in [1.165, 1.54) is 0 Å². The first kappa shape index (κ1) is 22.0. The van der Waals surface area contributed by atoms with Gasteiger partial charge in [-0.05, 0) is 36.8 Å². The molecule has 1 unspecified atom stereocenters. The smallest absolute Gasteiger partial charge is 0.206 e. The summed E-state index contributed by atoms with van der Waals surface area (Å²) in [5, 5.41) is 10.1. The predicted molar refractivity (Wildman–Crippen MR) is 119 cm³/mol. The predicted octanol–water partition coefficient (Wildman–Crippen LogP) is 4.03. The van der Waals surface area contributed by atoms with E-state index in [1.54, 1.807) is 18.2 Å². The van der Waals surface area contributed by atoms with Crippen LogP contribution in [0.3, 0.4) is 0 Å². The first-order chi connectivity index (χ1) is 14.3. The average molecular weight is 453 g/mol. The van der Waals surface area contributed by atoms with Crippen LogP contribution in [0.25, 0.3) is 5.57 Å². The lowest BCUT2D eigenvalue weighted by atomic mass is 10.0. The summed E-state index contributed by atoms with van der Waals surface area (Å²) in [7, 11) is -8.22. The molecule has 166 valence electrons. The van der Waals surface area contributed by atoms with Crippen LogP contribution in [-0.2, 0) is 19.7 Å². The molecule has 0 aliphatic heterocycles. The molecule has 30 heavy (non-hydrogen) atoms. The molecule has 0 amide bonds. The van der Waals surface area contributed by atoms with Gasteiger partial charge in [0.1, 0.15) is 6.10 Å². The number of allylic oxidation sites excluding steroid dienone is 1. The summed E-state index contributed by atoms with van der Waals surface area (Å²) in [4.78, 5) is 0. The molecule has 3 aliphatic carbocycles. The zero-order valence-corrected chi connectivity index (χ0v) is 19.0. The highest BCUT2D eigenvalue weighted by molar-refractivity contribution is 8.11. The molecular weight excluding hydrogens is 420 g/mol. The Kier molecular flexibility index (Phi) is 6.17. The van der Waals surface area contributed by atoms with Crippen LogP contribution in [0.2, 0.25) is 0 Å². The summed E-state index contributed by atoms with van der Waals surface area (Å²) >= 11 is 0. The molecule has 0 heterocycles. The van der Waals surface area contributed by atoms with Crippen LogP contribution < -0.4 is 0 Å². The summed E-state index contributed by atoms with van der Waals surface area (Å²) in [5.41, 5.74) is 1.11. The van der Waals surface area contributed by atoms with Gasteiger partial charge in [0.25, 0.3) is 0 Å². The van der Waals surface area contributed by atoms with E-state index in [4.69, 9.17) is 0 Å². The Morgan fingerprint density at radius 1 is 0.733 bits per heavy atom. The molecule has 2 fully saturated rings. The van der Waals surface area contributed by atoms with Crippen molar-refractivity contribution in [3.63, 3.8) is 0 Å². The lowest BCUT2D eigenvalue weighted by Gasteiger charge is -2.40. The standard InChI is InChI=1S/C23H32O5S2/c24-22-21(18-10-4-1-5-11-18)16-17-23(22,29(25,26)19-12-6-2-7-13-19)30(27,28)20-14-8-3-9-15-20/h1,4-5,10-11,16,19-20,22,24H,2-3,6-9,12-15,17H2. The topological polar surface area (TPSA) is 88.5 Å². The highest BCUT2D eigenvalue weighted by atomic mass is 32.3. The molecule has 1 atom stereocenters. The van der Waals surface area contributed by atoms with E-state index >= 15 is 0 Å². The van der Waals surface area contributed by atoms with Crippen LogP contribution in [0, 0.1) is 0 Å². The monoisotopic (exact) mass is 452 g/mol. The Labute approximate surface area is 180 Å². The maximum Gasteiger partial charge on any atom is 0.206 e. The van der Waals surface area contributed by atoms with Gasteiger partial charge in [-0.15, -0.1) is 0 Å². The molecule has 2 saturated carbocycles. The van der Waals surface area contributed by atoms with Gasteiger partial charge in [-0.1, -0.05) is 74.9 Å². The molecule has 0 saturated heterocycles. The van der Waals surface area contributed by atoms with Crippen molar-refractivity contribution in [3.05, 3.63) is 42.0 Å². The number of sulfone groups is 2. The van der Waals surface area contributed by atoms with Crippen molar-refractivity contribution in [2.75, 3.05) is 0 Å². The van der Waals surface area contributed by atoms with Gasteiger partial charge in [0.15, 0.2) is 19.7 Å². The summed E-state index contributed by atoms with van der Waals surface area (Å²) in [5.74, 6) is 0. The Hall–Kier alpha value is -1.18. The lowest BCUT2D eigenvalue weighted by molar-refractivity contribution is 0.215. The Bertz CT molecular complexity index is 935. The van der Waals surface area contributed by atoms with Crippen LogP contribution in [0.15, 0.2) is 36.4 Å². The molecule has 0 radical (unpaired) electrons. The van der Waals surface area contributed by atoms with Crippen molar-refractivity contribution in [2.45, 2.75) is 91.3 Å². The van der Waals surface area contributed by atoms with Crippen molar-refractivity contribution in [1.82, 2.24) is 0 Å². The van der Waals surface area contributed by atoms with Crippen molar-refractivity contribution >= 4 is 25.2 Å². The molecule has 5 nitrogen and oxygen atoms in total. The molecule has 0 aromatic heterocycles. The summed E-state index contributed by atoms with van der Waals surface area (Å²) < 4.78 is 53.9. The zero-order chi connectivity index (χ0) is 21.4. The summed E-state index contributed by atoms with van der Waals surface area (Å²) in [6, 6.07) is 9.07. The van der Waals surface area contributed by atoms with Gasteiger partial charge >= 0.3 is 0 Å². The first-order valence-electron chi connectivity index (χ1n) is 11.2. The van der Waals surface area contributed by atoms with E-state index in [9.17, 15) is 21.9 Å². The number of benzene rings is 1. The third kappa shape index (κ3) is 3.37. The highest BCUT2D eigenvalue weighted by Crippen LogP contribution is 2.50. The fraction of sp³-hybridized carbons (Fsp3) is 0.652. The maximum atomic E-state index is 14.0. The minimum absolute atomic E-state index is 0.157. The number of rotatable bonds is 5. The average Bonchev–Trinajstić information content (AvgIpc) is 3.14. The fourth-order valence-corrected chi connectivity index (χ4v) is 12.3. The number of aliphatic hydroxyl groups excluding tert-OH is 1. The lowest BCUT2D eigenvalue weighted by Crippen LogP contribution is -2.59. The Morgan fingerprint density at radius 3 is 1.67 bits per heavy atom. The minimum Gasteiger partial charge on any atom is -0.386 e. The van der Waals surface area contributed by atoms with Gasteiger partial charge in [0.05, 0.1) is 10.5 Å². The third-order valence-corrected chi connectivity index (χ3v) is 14.2. The Balaban J connectivity index is 1.82. The fourth-order valence-electron chi connectivity index (χ4n) is 5.64. The summed E-state index contributed by atoms with van der Waals surface area (Å²) in [6.45, 7) is 0. The SMILES string of the molecule is O=S(=O)(C1CCCCC1)C1(S(=O)(=O)C2CCCCC2)CC=C(c2ccccc2)C1O. The van der Waals surface area contributed by atoms with E-state index in [1.807, 2.05) is 18.2 Å². The molecule has 1 N–H and O–H groups in total. The third-order valence-electron chi connectivity index (χ3n) is 7.37. The molecule has 1 aromatic carbocycles. The van der Waals surface area contributed by atoms with Crippen LogP contribution in [-0.4, -0.2) is 42.6 Å². The Morgan fingerprint density at radius 2 is 1.20 bits per heavy atom. The van der Waals surface area contributed by atoms with Crippen LogP contribution >= 0.6 is 0 Å². The maximum absolute atomic E-state index is 14.0. The second-order valence-corrected chi connectivity index (χ2v) is 14.3. The zero-order valence-electron chi connectivity index (χ0n) is 17.4. The normalized spacial score (nSPS) is 26.4. The van der Waals surface area contributed by atoms with E-state index < -0.39 is 40.4 Å². The van der Waals surface area contributed by atoms with E-state index in [2.05, 4.69) is 0 Å². The number of hydrogen-bond acceptors (Lipinski definition) is 5. The van der Waals surface area contributed by atoms with Crippen LogP contribution in [0.5, 0.6) is 0 Å². The van der Waals surface area contributed by atoms with Gasteiger partial charge in [0.2, 0.25) is 4.08 Å². The van der Waals surface area contributed by atoms with Gasteiger partial charge < -0.3 is 5.11 Å². The molecule has 1 aromatic rings. The summed E-state index contributed by atoms with van der Waals surface area (Å²) in [6.07, 6.45) is 6.99. The molecule has 4 rings (SSSR count). The molecule has 0 bridgehead atoms. The van der Waals surface area contributed by atoms with Crippen molar-refractivity contribution in [2.24, 2.45) is 0 Å². The van der Waals surface area contributed by atoms with E-state index in [0.29, 0.717) is 36.8 Å². The second kappa shape index (κ2) is 8.40. The van der Waals surface area contributed by atoms with E-state index in [-0.39, 0.29) is 6.42 Å². The van der Waals surface area contributed by atoms with Gasteiger partial charge in [-0.25, -0.2) is 16.8 Å². The van der Waals surface area contributed by atoms with Crippen LogP contribution in [0.4, 0.5) is 0 Å². The second-order valence-electron chi connectivity index (χ2n) is 9.05. The highest BCUT2D eigenvalue weighted by Gasteiger charge is 2.65. The van der Waals surface area contributed by atoms with Gasteiger partial charge in [-0.3, -0.25) is 0 Å². The van der Waals surface area contributed by atoms with E-state index in [0.717, 1.165) is 38.5 Å². The van der Waals surface area contributed by atoms with Gasteiger partial charge in [-0.2, -0.15) is 0 Å². The molecule has 0 spiro atoms. The quantitative estimate of drug-likeness (QED) is 0.729. The number of aliphatic hydroxyl groups is 1. The van der Waals surface area contributed by atoms with Crippen molar-refractivity contribution < 1.29 is 21.9 Å². The molecular formula is C23H32O5S2. The minimum atomic E-state index is -4.11. The van der Waals surface area contributed by atoms with Gasteiger partial charge in [0, 0.05) is 6.42 Å². The molecule has 7 heteroatoms. The largest absolute Gasteiger partial charge is 0.386 e.